The first kappa shape index (κ1) is 22.3. The molecule has 4 nitrogen and oxygen atoms in total. The highest BCUT2D eigenvalue weighted by atomic mass is 19.1. The summed E-state index contributed by atoms with van der Waals surface area (Å²) in [6.07, 6.45) is 4.44. The zero-order chi connectivity index (χ0) is 21.3. The fourth-order valence-electron chi connectivity index (χ4n) is 3.83. The SMILES string of the molecule is CCCCOc1ccc(CC(=O)N(Cc2ccc(F)cc2)C2CCN(C)CC2)cc1. The third-order valence-corrected chi connectivity index (χ3v) is 5.76. The zero-order valence-corrected chi connectivity index (χ0v) is 18.1. The molecular formula is C25H33FN2O2. The molecule has 1 saturated heterocycles. The van der Waals surface area contributed by atoms with Gasteiger partial charge >= 0.3 is 0 Å². The van der Waals surface area contributed by atoms with E-state index in [4.69, 9.17) is 4.74 Å². The van der Waals surface area contributed by atoms with Crippen molar-refractivity contribution in [3.8, 4) is 5.75 Å². The second kappa shape index (κ2) is 11.1. The molecule has 2 aromatic carbocycles. The molecule has 1 aliphatic heterocycles. The quantitative estimate of drug-likeness (QED) is 0.561. The summed E-state index contributed by atoms with van der Waals surface area (Å²) in [4.78, 5) is 17.6. The van der Waals surface area contributed by atoms with E-state index in [0.29, 0.717) is 13.0 Å². The van der Waals surface area contributed by atoms with Gasteiger partial charge in [-0.3, -0.25) is 4.79 Å². The van der Waals surface area contributed by atoms with E-state index in [-0.39, 0.29) is 17.8 Å². The van der Waals surface area contributed by atoms with E-state index in [2.05, 4.69) is 18.9 Å². The maximum atomic E-state index is 13.3. The van der Waals surface area contributed by atoms with E-state index in [1.165, 1.54) is 12.1 Å². The molecule has 3 rings (SSSR count). The van der Waals surface area contributed by atoms with Gasteiger partial charge < -0.3 is 14.5 Å². The minimum absolute atomic E-state index is 0.119. The van der Waals surface area contributed by atoms with E-state index < -0.39 is 0 Å². The van der Waals surface area contributed by atoms with Gasteiger partial charge in [-0.2, -0.15) is 0 Å². The first-order chi connectivity index (χ1) is 14.5. The van der Waals surface area contributed by atoms with Gasteiger partial charge in [-0.05, 0) is 74.8 Å². The van der Waals surface area contributed by atoms with Crippen molar-refractivity contribution in [3.05, 3.63) is 65.5 Å². The number of benzene rings is 2. The zero-order valence-electron chi connectivity index (χ0n) is 18.1. The van der Waals surface area contributed by atoms with Crippen LogP contribution >= 0.6 is 0 Å². The third kappa shape index (κ3) is 6.56. The number of hydrogen-bond donors (Lipinski definition) is 0. The molecule has 0 bridgehead atoms. The molecule has 1 fully saturated rings. The van der Waals surface area contributed by atoms with Crippen molar-refractivity contribution in [3.63, 3.8) is 0 Å². The van der Waals surface area contributed by atoms with Gasteiger partial charge in [0.15, 0.2) is 0 Å². The Kier molecular flexibility index (Phi) is 8.26. The number of carbonyl (C=O) groups is 1. The van der Waals surface area contributed by atoms with Crippen LogP contribution in [0.15, 0.2) is 48.5 Å². The Morgan fingerprint density at radius 3 is 2.33 bits per heavy atom. The number of carbonyl (C=O) groups excluding carboxylic acids is 1. The van der Waals surface area contributed by atoms with Gasteiger partial charge in [-0.25, -0.2) is 4.39 Å². The number of ether oxygens (including phenoxy) is 1. The van der Waals surface area contributed by atoms with Gasteiger partial charge in [0.2, 0.25) is 5.91 Å². The topological polar surface area (TPSA) is 32.8 Å². The minimum atomic E-state index is -0.253. The monoisotopic (exact) mass is 412 g/mol. The summed E-state index contributed by atoms with van der Waals surface area (Å²) >= 11 is 0. The van der Waals surface area contributed by atoms with E-state index in [1.807, 2.05) is 29.2 Å². The molecule has 0 atom stereocenters. The lowest BCUT2D eigenvalue weighted by molar-refractivity contribution is -0.134. The van der Waals surface area contributed by atoms with Gasteiger partial charge in [0.25, 0.3) is 0 Å². The number of halogens is 1. The number of rotatable bonds is 9. The Hall–Kier alpha value is -2.40. The number of hydrogen-bond acceptors (Lipinski definition) is 3. The Balaban J connectivity index is 1.67. The largest absolute Gasteiger partial charge is 0.494 e. The molecule has 0 N–H and O–H groups in total. The molecule has 1 aliphatic rings. The Morgan fingerprint density at radius 1 is 1.07 bits per heavy atom. The highest BCUT2D eigenvalue weighted by molar-refractivity contribution is 5.79. The molecular weight excluding hydrogens is 379 g/mol. The van der Waals surface area contributed by atoms with Crippen molar-refractivity contribution in [2.24, 2.45) is 0 Å². The van der Waals surface area contributed by atoms with Crippen LogP contribution in [0.4, 0.5) is 4.39 Å². The second-order valence-electron chi connectivity index (χ2n) is 8.21. The lowest BCUT2D eigenvalue weighted by Crippen LogP contribution is -2.46. The first-order valence-electron chi connectivity index (χ1n) is 11.0. The fraction of sp³-hybridized carbons (Fsp3) is 0.480. The van der Waals surface area contributed by atoms with Crippen LogP contribution in [0.25, 0.3) is 0 Å². The number of likely N-dealkylation sites (tertiary alicyclic amines) is 1. The van der Waals surface area contributed by atoms with Gasteiger partial charge in [0, 0.05) is 12.6 Å². The lowest BCUT2D eigenvalue weighted by atomic mass is 10.0. The smallest absolute Gasteiger partial charge is 0.227 e. The molecule has 5 heteroatoms. The third-order valence-electron chi connectivity index (χ3n) is 5.76. The number of piperidine rings is 1. The van der Waals surface area contributed by atoms with Crippen molar-refractivity contribution in [2.75, 3.05) is 26.7 Å². The molecule has 0 aromatic heterocycles. The number of amides is 1. The Bertz CT molecular complexity index is 784. The van der Waals surface area contributed by atoms with E-state index >= 15 is 0 Å². The van der Waals surface area contributed by atoms with E-state index in [9.17, 15) is 9.18 Å². The molecule has 0 radical (unpaired) electrons. The van der Waals surface area contributed by atoms with Crippen molar-refractivity contribution in [1.82, 2.24) is 9.80 Å². The summed E-state index contributed by atoms with van der Waals surface area (Å²) in [5.41, 5.74) is 1.95. The van der Waals surface area contributed by atoms with Crippen molar-refractivity contribution in [2.45, 2.75) is 51.6 Å². The van der Waals surface area contributed by atoms with Crippen LogP contribution < -0.4 is 4.74 Å². The van der Waals surface area contributed by atoms with Crippen LogP contribution in [0, 0.1) is 5.82 Å². The van der Waals surface area contributed by atoms with E-state index in [0.717, 1.165) is 62.3 Å². The number of unbranched alkanes of at least 4 members (excludes halogenated alkanes) is 1. The van der Waals surface area contributed by atoms with Crippen LogP contribution in [0.3, 0.4) is 0 Å². The van der Waals surface area contributed by atoms with Crippen LogP contribution in [-0.4, -0.2) is 48.5 Å². The molecule has 0 unspecified atom stereocenters. The summed E-state index contributed by atoms with van der Waals surface area (Å²) in [5, 5.41) is 0. The predicted octanol–water partition coefficient (Wildman–Crippen LogP) is 4.67. The van der Waals surface area contributed by atoms with Crippen LogP contribution in [0.5, 0.6) is 5.75 Å². The number of nitrogens with zero attached hydrogens (tertiary/aromatic N) is 2. The summed E-state index contributed by atoms with van der Waals surface area (Å²) in [6.45, 7) is 5.35. The molecule has 1 heterocycles. The molecule has 0 aliphatic carbocycles. The molecule has 1 amide bonds. The molecule has 162 valence electrons. The van der Waals surface area contributed by atoms with Gasteiger partial charge in [-0.15, -0.1) is 0 Å². The maximum Gasteiger partial charge on any atom is 0.227 e. The predicted molar refractivity (Wildman–Crippen MR) is 118 cm³/mol. The average Bonchev–Trinajstić information content (AvgIpc) is 2.75. The van der Waals surface area contributed by atoms with Crippen LogP contribution in [0.2, 0.25) is 0 Å². The van der Waals surface area contributed by atoms with Gasteiger partial charge in [0.1, 0.15) is 11.6 Å². The van der Waals surface area contributed by atoms with Crippen molar-refractivity contribution < 1.29 is 13.9 Å². The fourth-order valence-corrected chi connectivity index (χ4v) is 3.83. The van der Waals surface area contributed by atoms with Crippen LogP contribution in [0.1, 0.15) is 43.7 Å². The maximum absolute atomic E-state index is 13.3. The standard InChI is InChI=1S/C25H33FN2O2/c1-3-4-17-30-24-11-7-20(8-12-24)18-25(29)28(23-13-15-27(2)16-14-23)19-21-5-9-22(26)10-6-21/h5-12,23H,3-4,13-19H2,1-2H3. The average molecular weight is 413 g/mol. The van der Waals surface area contributed by atoms with Crippen LogP contribution in [-0.2, 0) is 17.8 Å². The summed E-state index contributed by atoms with van der Waals surface area (Å²) in [6, 6.07) is 14.5. The highest BCUT2D eigenvalue weighted by Gasteiger charge is 2.27. The van der Waals surface area contributed by atoms with Gasteiger partial charge in [0.05, 0.1) is 13.0 Å². The summed E-state index contributed by atoms with van der Waals surface area (Å²) < 4.78 is 19.0. The van der Waals surface area contributed by atoms with Crippen molar-refractivity contribution in [1.29, 1.82) is 0 Å². The molecule has 2 aromatic rings. The highest BCUT2D eigenvalue weighted by Crippen LogP contribution is 2.21. The van der Waals surface area contributed by atoms with E-state index in [1.54, 1.807) is 12.1 Å². The molecule has 30 heavy (non-hydrogen) atoms. The summed E-state index contributed by atoms with van der Waals surface area (Å²) in [7, 11) is 2.12. The molecule has 0 saturated carbocycles. The Morgan fingerprint density at radius 2 is 1.70 bits per heavy atom. The normalized spacial score (nSPS) is 15.2. The van der Waals surface area contributed by atoms with Crippen molar-refractivity contribution >= 4 is 5.91 Å². The summed E-state index contributed by atoms with van der Waals surface area (Å²) in [5.74, 6) is 0.712. The Labute approximate surface area is 179 Å². The van der Waals surface area contributed by atoms with Gasteiger partial charge in [-0.1, -0.05) is 37.6 Å². The minimum Gasteiger partial charge on any atom is -0.494 e. The second-order valence-corrected chi connectivity index (χ2v) is 8.21. The first-order valence-corrected chi connectivity index (χ1v) is 11.0. The lowest BCUT2D eigenvalue weighted by Gasteiger charge is -2.37. The molecule has 0 spiro atoms.